The maximum atomic E-state index is 11.9. The largest absolute Gasteiger partial charge is 0.396 e. The van der Waals surface area contributed by atoms with E-state index >= 15 is 0 Å². The Bertz CT molecular complexity index is 420. The van der Waals surface area contributed by atoms with Gasteiger partial charge in [-0.05, 0) is 36.9 Å². The van der Waals surface area contributed by atoms with E-state index in [0.717, 1.165) is 5.75 Å². The van der Waals surface area contributed by atoms with Gasteiger partial charge in [0.05, 0.1) is 11.6 Å². The van der Waals surface area contributed by atoms with Crippen LogP contribution in [0.5, 0.6) is 0 Å². The summed E-state index contributed by atoms with van der Waals surface area (Å²) in [5, 5.41) is 20.5. The van der Waals surface area contributed by atoms with Gasteiger partial charge in [0.15, 0.2) is 0 Å². The maximum absolute atomic E-state index is 11.9. The highest BCUT2D eigenvalue weighted by molar-refractivity contribution is 7.98. The molecule has 0 aliphatic heterocycles. The summed E-state index contributed by atoms with van der Waals surface area (Å²) in [7, 11) is 0. The van der Waals surface area contributed by atoms with Gasteiger partial charge in [-0.2, -0.15) is 17.0 Å². The van der Waals surface area contributed by atoms with Crippen LogP contribution in [0.4, 0.5) is 0 Å². The minimum Gasteiger partial charge on any atom is -0.396 e. The zero-order valence-electron chi connectivity index (χ0n) is 10.2. The molecule has 0 saturated heterocycles. The molecule has 0 aromatic heterocycles. The first-order chi connectivity index (χ1) is 8.71. The molecule has 4 nitrogen and oxygen atoms in total. The van der Waals surface area contributed by atoms with Gasteiger partial charge in [-0.3, -0.25) is 4.79 Å². The van der Waals surface area contributed by atoms with Gasteiger partial charge in [-0.1, -0.05) is 0 Å². The quantitative estimate of drug-likeness (QED) is 0.814. The molecule has 0 bridgehead atoms. The average molecular weight is 264 g/mol. The predicted molar refractivity (Wildman–Crippen MR) is 72.5 cm³/mol. The lowest BCUT2D eigenvalue weighted by molar-refractivity contribution is 0.0935. The van der Waals surface area contributed by atoms with Crippen molar-refractivity contribution in [2.24, 2.45) is 0 Å². The molecule has 0 heterocycles. The minimum atomic E-state index is -0.174. The van der Waals surface area contributed by atoms with Crippen LogP contribution in [0.25, 0.3) is 0 Å². The Balaban J connectivity index is 2.65. The third-order valence-corrected chi connectivity index (χ3v) is 3.19. The summed E-state index contributed by atoms with van der Waals surface area (Å²) < 4.78 is 0. The number of nitriles is 1. The number of carbonyl (C=O) groups excluding carboxylic acids is 1. The van der Waals surface area contributed by atoms with E-state index in [1.54, 1.807) is 36.0 Å². The van der Waals surface area contributed by atoms with Gasteiger partial charge in [0.25, 0.3) is 5.91 Å². The van der Waals surface area contributed by atoms with Crippen LogP contribution in [0, 0.1) is 11.3 Å². The fraction of sp³-hybridized carbons (Fsp3) is 0.385. The number of hydrogen-bond acceptors (Lipinski definition) is 4. The summed E-state index contributed by atoms with van der Waals surface area (Å²) in [5.41, 5.74) is 1.06. The summed E-state index contributed by atoms with van der Waals surface area (Å²) in [5.74, 6) is 0.592. The van der Waals surface area contributed by atoms with Crippen LogP contribution in [0.1, 0.15) is 22.3 Å². The molecule has 96 valence electrons. The first kappa shape index (κ1) is 14.6. The molecular weight excluding hydrogens is 248 g/mol. The van der Waals surface area contributed by atoms with E-state index in [4.69, 9.17) is 10.4 Å². The first-order valence-corrected chi connectivity index (χ1v) is 7.01. The molecule has 2 N–H and O–H groups in total. The Morgan fingerprint density at radius 3 is 2.67 bits per heavy atom. The van der Waals surface area contributed by atoms with E-state index in [1.165, 1.54) is 0 Å². The van der Waals surface area contributed by atoms with Crippen molar-refractivity contribution in [1.29, 1.82) is 5.26 Å². The van der Waals surface area contributed by atoms with Crippen molar-refractivity contribution in [3.8, 4) is 6.07 Å². The number of hydrogen-bond donors (Lipinski definition) is 2. The maximum Gasteiger partial charge on any atom is 0.251 e. The van der Waals surface area contributed by atoms with Crippen molar-refractivity contribution >= 4 is 17.7 Å². The standard InChI is InChI=1S/C13H16N2O2S/c1-18-9-12(6-7-16)15-13(17)11-4-2-10(8-14)3-5-11/h2-5,12,16H,6-7,9H2,1H3,(H,15,17). The van der Waals surface area contributed by atoms with Crippen LogP contribution in [0.2, 0.25) is 0 Å². The predicted octanol–water partition coefficient (Wildman–Crippen LogP) is 1.40. The van der Waals surface area contributed by atoms with Gasteiger partial charge < -0.3 is 10.4 Å². The molecule has 0 saturated carbocycles. The lowest BCUT2D eigenvalue weighted by atomic mass is 10.1. The fourth-order valence-corrected chi connectivity index (χ4v) is 2.17. The number of amides is 1. The average Bonchev–Trinajstić information content (AvgIpc) is 2.39. The molecule has 0 fully saturated rings. The monoisotopic (exact) mass is 264 g/mol. The van der Waals surface area contributed by atoms with E-state index in [9.17, 15) is 4.79 Å². The third-order valence-electron chi connectivity index (χ3n) is 2.46. The molecular formula is C13H16N2O2S. The number of aliphatic hydroxyl groups is 1. The number of nitrogens with zero attached hydrogens (tertiary/aromatic N) is 1. The molecule has 1 rings (SSSR count). The molecule has 0 radical (unpaired) electrons. The van der Waals surface area contributed by atoms with Crippen LogP contribution in [-0.4, -0.2) is 35.7 Å². The Kier molecular flexibility index (Phi) is 6.26. The fourth-order valence-electron chi connectivity index (χ4n) is 1.52. The second-order valence-electron chi connectivity index (χ2n) is 3.83. The summed E-state index contributed by atoms with van der Waals surface area (Å²) in [6.45, 7) is 0.0544. The highest BCUT2D eigenvalue weighted by Gasteiger charge is 2.12. The number of benzene rings is 1. The summed E-state index contributed by atoms with van der Waals surface area (Å²) in [6, 6.07) is 8.46. The summed E-state index contributed by atoms with van der Waals surface area (Å²) in [4.78, 5) is 11.9. The van der Waals surface area contributed by atoms with E-state index in [2.05, 4.69) is 5.32 Å². The molecule has 0 spiro atoms. The number of carbonyl (C=O) groups is 1. The van der Waals surface area contributed by atoms with Crippen molar-refractivity contribution in [2.75, 3.05) is 18.6 Å². The molecule has 0 aliphatic rings. The van der Waals surface area contributed by atoms with Gasteiger partial charge in [0.2, 0.25) is 0 Å². The number of thioether (sulfide) groups is 1. The zero-order valence-corrected chi connectivity index (χ0v) is 11.0. The van der Waals surface area contributed by atoms with Crippen LogP contribution >= 0.6 is 11.8 Å². The lowest BCUT2D eigenvalue weighted by Gasteiger charge is -2.16. The zero-order chi connectivity index (χ0) is 13.4. The number of nitrogens with one attached hydrogen (secondary N) is 1. The topological polar surface area (TPSA) is 73.1 Å². The van der Waals surface area contributed by atoms with Crippen molar-refractivity contribution in [2.45, 2.75) is 12.5 Å². The molecule has 1 atom stereocenters. The summed E-state index contributed by atoms with van der Waals surface area (Å²) in [6.07, 6.45) is 2.50. The van der Waals surface area contributed by atoms with Gasteiger partial charge in [0, 0.05) is 24.0 Å². The van der Waals surface area contributed by atoms with Crippen molar-refractivity contribution in [3.05, 3.63) is 35.4 Å². The van der Waals surface area contributed by atoms with Crippen LogP contribution < -0.4 is 5.32 Å². The van der Waals surface area contributed by atoms with Gasteiger partial charge in [-0.25, -0.2) is 0 Å². The number of aliphatic hydroxyl groups excluding tert-OH is 1. The lowest BCUT2D eigenvalue weighted by Crippen LogP contribution is -2.37. The highest BCUT2D eigenvalue weighted by atomic mass is 32.2. The van der Waals surface area contributed by atoms with Crippen LogP contribution in [-0.2, 0) is 0 Å². The second-order valence-corrected chi connectivity index (χ2v) is 4.74. The van der Waals surface area contributed by atoms with Crippen LogP contribution in [0.15, 0.2) is 24.3 Å². The molecule has 1 amide bonds. The molecule has 1 unspecified atom stereocenters. The molecule has 0 aliphatic carbocycles. The van der Waals surface area contributed by atoms with E-state index in [-0.39, 0.29) is 18.6 Å². The number of rotatable bonds is 6. The molecule has 1 aromatic rings. The molecule has 18 heavy (non-hydrogen) atoms. The van der Waals surface area contributed by atoms with Crippen LogP contribution in [0.3, 0.4) is 0 Å². The third kappa shape index (κ3) is 4.40. The van der Waals surface area contributed by atoms with Crippen molar-refractivity contribution in [1.82, 2.24) is 5.32 Å². The first-order valence-electron chi connectivity index (χ1n) is 5.62. The van der Waals surface area contributed by atoms with E-state index in [1.807, 2.05) is 12.3 Å². The smallest absolute Gasteiger partial charge is 0.251 e. The Morgan fingerprint density at radius 1 is 1.50 bits per heavy atom. The Hall–Kier alpha value is -1.51. The second kappa shape index (κ2) is 7.75. The Morgan fingerprint density at radius 2 is 2.17 bits per heavy atom. The van der Waals surface area contributed by atoms with Gasteiger partial charge in [-0.15, -0.1) is 0 Å². The Labute approximate surface area is 111 Å². The van der Waals surface area contributed by atoms with Gasteiger partial charge in [0.1, 0.15) is 0 Å². The highest BCUT2D eigenvalue weighted by Crippen LogP contribution is 2.06. The van der Waals surface area contributed by atoms with E-state index in [0.29, 0.717) is 17.5 Å². The van der Waals surface area contributed by atoms with Crippen molar-refractivity contribution in [3.63, 3.8) is 0 Å². The summed E-state index contributed by atoms with van der Waals surface area (Å²) >= 11 is 1.62. The normalized spacial score (nSPS) is 11.6. The van der Waals surface area contributed by atoms with E-state index < -0.39 is 0 Å². The molecule has 5 heteroatoms. The molecule has 1 aromatic carbocycles. The van der Waals surface area contributed by atoms with Gasteiger partial charge >= 0.3 is 0 Å². The minimum absolute atomic E-state index is 0.0341. The van der Waals surface area contributed by atoms with Crippen molar-refractivity contribution < 1.29 is 9.90 Å². The SMILES string of the molecule is CSCC(CCO)NC(=O)c1ccc(C#N)cc1.